The second kappa shape index (κ2) is 7.77. The second-order valence-corrected chi connectivity index (χ2v) is 6.31. The smallest absolute Gasteiger partial charge is 0.330 e. The predicted octanol–water partition coefficient (Wildman–Crippen LogP) is -0.468. The summed E-state index contributed by atoms with van der Waals surface area (Å²) in [5, 5.41) is 19.0. The van der Waals surface area contributed by atoms with Crippen LogP contribution < -0.4 is 11.2 Å². The Morgan fingerprint density at radius 2 is 1.96 bits per heavy atom. The molecule has 1 aliphatic heterocycles. The summed E-state index contributed by atoms with van der Waals surface area (Å²) < 4.78 is 6.59. The van der Waals surface area contributed by atoms with Crippen molar-refractivity contribution in [2.75, 3.05) is 6.61 Å². The fourth-order valence-corrected chi connectivity index (χ4v) is 3.02. The second-order valence-electron chi connectivity index (χ2n) is 6.31. The van der Waals surface area contributed by atoms with Gasteiger partial charge in [0.25, 0.3) is 5.56 Å². The van der Waals surface area contributed by atoms with E-state index in [4.69, 9.17) is 9.84 Å². The van der Waals surface area contributed by atoms with Crippen molar-refractivity contribution in [3.05, 3.63) is 68.5 Å². The van der Waals surface area contributed by atoms with Gasteiger partial charge in [0.05, 0.1) is 12.7 Å². The van der Waals surface area contributed by atoms with Crippen molar-refractivity contribution in [1.29, 1.82) is 0 Å². The average molecular weight is 360 g/mol. The lowest BCUT2D eigenvalue weighted by atomic mass is 10.0. The number of aliphatic hydroxyl groups is 2. The third-order valence-corrected chi connectivity index (χ3v) is 4.37. The number of nitrogens with zero attached hydrogens (tertiary/aromatic N) is 1. The van der Waals surface area contributed by atoms with Gasteiger partial charge in [-0.15, -0.1) is 0 Å². The first-order valence-electron chi connectivity index (χ1n) is 8.32. The first-order valence-corrected chi connectivity index (χ1v) is 8.32. The summed E-state index contributed by atoms with van der Waals surface area (Å²) in [6.07, 6.45) is -1.05. The number of nitrogens with one attached hydrogen (secondary N) is 1. The van der Waals surface area contributed by atoms with Crippen molar-refractivity contribution in [2.24, 2.45) is 0 Å². The lowest BCUT2D eigenvalue weighted by molar-refractivity contribution is -0.117. The summed E-state index contributed by atoms with van der Waals surface area (Å²) in [4.78, 5) is 38.5. The van der Waals surface area contributed by atoms with E-state index in [9.17, 15) is 19.5 Å². The number of H-pyrrole nitrogens is 1. The van der Waals surface area contributed by atoms with Crippen LogP contribution in [0.3, 0.4) is 0 Å². The number of Topliss-reactive ketones (excluding diaryl/α,β-unsaturated/α-hetero) is 1. The fraction of sp³-hybridized carbons (Fsp3) is 0.389. The Labute approximate surface area is 148 Å². The monoisotopic (exact) mass is 360 g/mol. The van der Waals surface area contributed by atoms with E-state index in [0.29, 0.717) is 0 Å². The molecule has 0 aliphatic carbocycles. The van der Waals surface area contributed by atoms with Crippen LogP contribution in [0.4, 0.5) is 0 Å². The molecular formula is C18H20N2O6. The molecule has 1 saturated heterocycles. The van der Waals surface area contributed by atoms with Gasteiger partial charge < -0.3 is 14.9 Å². The molecule has 2 aromatic rings. The van der Waals surface area contributed by atoms with Gasteiger partial charge in [0, 0.05) is 31.0 Å². The highest BCUT2D eigenvalue weighted by Crippen LogP contribution is 2.27. The maximum absolute atomic E-state index is 12.3. The van der Waals surface area contributed by atoms with Crippen LogP contribution in [0, 0.1) is 0 Å². The summed E-state index contributed by atoms with van der Waals surface area (Å²) in [5.41, 5.74) is -0.318. The third kappa shape index (κ3) is 3.98. The zero-order valence-corrected chi connectivity index (χ0v) is 14.0. The average Bonchev–Trinajstić information content (AvgIpc) is 2.98. The van der Waals surface area contributed by atoms with Crippen LogP contribution in [0.2, 0.25) is 0 Å². The van der Waals surface area contributed by atoms with E-state index in [-0.39, 0.29) is 37.2 Å². The highest BCUT2D eigenvalue weighted by Gasteiger charge is 2.35. The van der Waals surface area contributed by atoms with Crippen molar-refractivity contribution in [2.45, 2.75) is 37.7 Å². The normalized spacial score (nSPS) is 22.5. The molecule has 1 fully saturated rings. The fourth-order valence-electron chi connectivity index (χ4n) is 3.02. The number of aromatic nitrogens is 2. The topological polar surface area (TPSA) is 122 Å². The van der Waals surface area contributed by atoms with E-state index < -0.39 is 29.7 Å². The molecule has 8 nitrogen and oxygen atoms in total. The van der Waals surface area contributed by atoms with Crippen molar-refractivity contribution < 1.29 is 19.7 Å². The molecule has 1 aliphatic rings. The van der Waals surface area contributed by atoms with Gasteiger partial charge in [-0.2, -0.15) is 0 Å². The van der Waals surface area contributed by atoms with Gasteiger partial charge in [-0.1, -0.05) is 30.3 Å². The number of hydrogen-bond acceptors (Lipinski definition) is 6. The van der Waals surface area contributed by atoms with Gasteiger partial charge in [-0.05, 0) is 5.56 Å². The number of ketones is 1. The van der Waals surface area contributed by atoms with E-state index in [0.717, 1.165) is 10.1 Å². The summed E-state index contributed by atoms with van der Waals surface area (Å²) in [5.74, 6) is -0.160. The van der Waals surface area contributed by atoms with E-state index in [2.05, 4.69) is 4.98 Å². The lowest BCUT2D eigenvalue weighted by Gasteiger charge is -2.15. The minimum absolute atomic E-state index is 0.106. The predicted molar refractivity (Wildman–Crippen MR) is 91.8 cm³/mol. The Kier molecular flexibility index (Phi) is 5.46. The highest BCUT2D eigenvalue weighted by atomic mass is 16.5. The SMILES string of the molecule is O=C(Cc1ccccc1)Cc1cn([C@H]2C[C@H](O)[C@@H](CO)O2)c(=O)[nH]c1=O. The van der Waals surface area contributed by atoms with Crippen LogP contribution in [0.25, 0.3) is 0 Å². The van der Waals surface area contributed by atoms with Gasteiger partial charge in [0.15, 0.2) is 0 Å². The molecule has 2 heterocycles. The number of benzene rings is 1. The lowest BCUT2D eigenvalue weighted by Crippen LogP contribution is -2.35. The van der Waals surface area contributed by atoms with Crippen LogP contribution in [0.1, 0.15) is 23.8 Å². The van der Waals surface area contributed by atoms with Gasteiger partial charge in [0.1, 0.15) is 18.1 Å². The van der Waals surface area contributed by atoms with Gasteiger partial charge >= 0.3 is 5.69 Å². The number of aliphatic hydroxyl groups excluding tert-OH is 2. The Hall–Kier alpha value is -2.55. The van der Waals surface area contributed by atoms with Crippen LogP contribution in [0.15, 0.2) is 46.1 Å². The molecule has 0 spiro atoms. The summed E-state index contributed by atoms with van der Waals surface area (Å²) in [7, 11) is 0. The molecule has 26 heavy (non-hydrogen) atoms. The van der Waals surface area contributed by atoms with Crippen molar-refractivity contribution in [3.63, 3.8) is 0 Å². The Bertz CT molecular complexity index is 889. The molecule has 1 aromatic carbocycles. The van der Waals surface area contributed by atoms with Crippen LogP contribution in [-0.2, 0) is 22.4 Å². The highest BCUT2D eigenvalue weighted by molar-refractivity contribution is 5.82. The van der Waals surface area contributed by atoms with Crippen LogP contribution in [0.5, 0.6) is 0 Å². The first-order chi connectivity index (χ1) is 12.5. The molecule has 0 bridgehead atoms. The standard InChI is InChI=1S/C18H20N2O6/c21-10-15-14(23)8-16(26-15)20-9-12(17(24)19-18(20)25)7-13(22)6-11-4-2-1-3-5-11/h1-5,9,14-16,21,23H,6-8,10H2,(H,19,24,25)/t14-,15+,16+/m0/s1. The molecule has 138 valence electrons. The number of carbonyl (C=O) groups is 1. The molecular weight excluding hydrogens is 340 g/mol. The molecule has 3 rings (SSSR count). The largest absolute Gasteiger partial charge is 0.394 e. The molecule has 0 saturated carbocycles. The summed E-state index contributed by atoms with van der Waals surface area (Å²) >= 11 is 0. The van der Waals surface area contributed by atoms with Gasteiger partial charge in [-0.3, -0.25) is 19.1 Å². The van der Waals surface area contributed by atoms with Gasteiger partial charge in [-0.25, -0.2) is 4.79 Å². The van der Waals surface area contributed by atoms with Crippen molar-refractivity contribution in [1.82, 2.24) is 9.55 Å². The summed E-state index contributed by atoms with van der Waals surface area (Å²) in [6, 6.07) is 9.16. The summed E-state index contributed by atoms with van der Waals surface area (Å²) in [6.45, 7) is -0.377. The minimum Gasteiger partial charge on any atom is -0.394 e. The minimum atomic E-state index is -0.910. The number of carbonyl (C=O) groups excluding carboxylic acids is 1. The zero-order chi connectivity index (χ0) is 18.7. The Morgan fingerprint density at radius 1 is 1.23 bits per heavy atom. The molecule has 3 atom stereocenters. The Morgan fingerprint density at radius 3 is 2.62 bits per heavy atom. The molecule has 8 heteroatoms. The zero-order valence-electron chi connectivity index (χ0n) is 14.0. The number of ether oxygens (including phenoxy) is 1. The van der Waals surface area contributed by atoms with E-state index in [1.807, 2.05) is 30.3 Å². The van der Waals surface area contributed by atoms with E-state index in [1.165, 1.54) is 6.20 Å². The van der Waals surface area contributed by atoms with Crippen molar-refractivity contribution >= 4 is 5.78 Å². The molecule has 0 radical (unpaired) electrons. The van der Waals surface area contributed by atoms with Crippen LogP contribution in [-0.4, -0.2) is 44.4 Å². The molecule has 1 aromatic heterocycles. The first kappa shape index (κ1) is 18.2. The maximum Gasteiger partial charge on any atom is 0.330 e. The van der Waals surface area contributed by atoms with E-state index in [1.54, 1.807) is 0 Å². The number of aromatic amines is 1. The molecule has 3 N–H and O–H groups in total. The van der Waals surface area contributed by atoms with Crippen molar-refractivity contribution in [3.8, 4) is 0 Å². The Balaban J connectivity index is 1.79. The van der Waals surface area contributed by atoms with Gasteiger partial charge in [0.2, 0.25) is 0 Å². The molecule has 0 amide bonds. The van der Waals surface area contributed by atoms with E-state index >= 15 is 0 Å². The number of hydrogen-bond donors (Lipinski definition) is 3. The number of rotatable bonds is 6. The maximum atomic E-state index is 12.3. The van der Waals surface area contributed by atoms with Crippen LogP contribution >= 0.6 is 0 Å². The third-order valence-electron chi connectivity index (χ3n) is 4.37. The molecule has 0 unspecified atom stereocenters. The quantitative estimate of drug-likeness (QED) is 0.640.